The van der Waals surface area contributed by atoms with Crippen molar-refractivity contribution in [3.05, 3.63) is 59.7 Å². The van der Waals surface area contributed by atoms with Gasteiger partial charge in [-0.2, -0.15) is 0 Å². The second-order valence-electron chi connectivity index (χ2n) is 5.74. The van der Waals surface area contributed by atoms with Crippen LogP contribution < -0.4 is 4.74 Å². The molecule has 0 aliphatic heterocycles. The summed E-state index contributed by atoms with van der Waals surface area (Å²) in [6, 6.07) is 11.1. The van der Waals surface area contributed by atoms with Crippen LogP contribution in [0.25, 0.3) is 17.2 Å². The maximum absolute atomic E-state index is 12.2. The molecule has 0 aromatic heterocycles. The Hall–Kier alpha value is -2.76. The van der Waals surface area contributed by atoms with Crippen molar-refractivity contribution in [3.8, 4) is 16.9 Å². The van der Waals surface area contributed by atoms with Crippen molar-refractivity contribution in [2.24, 2.45) is 0 Å². The van der Waals surface area contributed by atoms with E-state index in [1.165, 1.54) is 30.3 Å². The van der Waals surface area contributed by atoms with Crippen LogP contribution in [0.15, 0.2) is 48.5 Å². The van der Waals surface area contributed by atoms with Crippen LogP contribution in [0.5, 0.6) is 5.75 Å². The normalized spacial score (nSPS) is 11.9. The van der Waals surface area contributed by atoms with Crippen molar-refractivity contribution < 1.29 is 27.8 Å². The standard InChI is InChI=1S/C19H17F3O3/c1-12(2)17-9-5-14(11-15(17)6-10-18(23)24)13-3-7-16(8-4-13)25-19(20,21)22/h3-12H,1-2H3,(H,23,24)/b10-6+. The maximum atomic E-state index is 12.2. The molecule has 0 amide bonds. The Balaban J connectivity index is 2.36. The number of ether oxygens (including phenoxy) is 1. The fraction of sp³-hybridized carbons (Fsp3) is 0.211. The van der Waals surface area contributed by atoms with Crippen molar-refractivity contribution in [1.82, 2.24) is 0 Å². The van der Waals surface area contributed by atoms with Gasteiger partial charge in [0.15, 0.2) is 0 Å². The van der Waals surface area contributed by atoms with Crippen LogP contribution >= 0.6 is 0 Å². The van der Waals surface area contributed by atoms with Gasteiger partial charge >= 0.3 is 12.3 Å². The number of hydrogen-bond donors (Lipinski definition) is 1. The minimum Gasteiger partial charge on any atom is -0.478 e. The first kappa shape index (κ1) is 18.6. The van der Waals surface area contributed by atoms with Crippen molar-refractivity contribution in [2.75, 3.05) is 0 Å². The van der Waals surface area contributed by atoms with Gasteiger partial charge in [0.2, 0.25) is 0 Å². The average molecular weight is 350 g/mol. The molecule has 0 saturated heterocycles. The summed E-state index contributed by atoms with van der Waals surface area (Å²) in [7, 11) is 0. The molecule has 2 aromatic rings. The van der Waals surface area contributed by atoms with E-state index in [0.717, 1.165) is 22.8 Å². The molecule has 3 nitrogen and oxygen atoms in total. The van der Waals surface area contributed by atoms with E-state index in [9.17, 15) is 18.0 Å². The summed E-state index contributed by atoms with van der Waals surface area (Å²) in [6.07, 6.45) is -2.15. The first-order chi connectivity index (χ1) is 11.7. The van der Waals surface area contributed by atoms with Gasteiger partial charge in [-0.25, -0.2) is 4.79 Å². The summed E-state index contributed by atoms with van der Waals surface area (Å²) in [6.45, 7) is 3.99. The Morgan fingerprint density at radius 1 is 1.08 bits per heavy atom. The lowest BCUT2D eigenvalue weighted by molar-refractivity contribution is -0.274. The van der Waals surface area contributed by atoms with Gasteiger partial charge in [-0.05, 0) is 52.4 Å². The van der Waals surface area contributed by atoms with E-state index in [0.29, 0.717) is 5.56 Å². The zero-order chi connectivity index (χ0) is 18.6. The topological polar surface area (TPSA) is 46.5 Å². The SMILES string of the molecule is CC(C)c1ccc(-c2ccc(OC(F)(F)F)cc2)cc1/C=C/C(=O)O. The molecular weight excluding hydrogens is 333 g/mol. The number of hydrogen-bond acceptors (Lipinski definition) is 2. The lowest BCUT2D eigenvalue weighted by Crippen LogP contribution is -2.16. The smallest absolute Gasteiger partial charge is 0.478 e. The third-order valence-electron chi connectivity index (χ3n) is 3.54. The Bertz CT molecular complexity index is 775. The van der Waals surface area contributed by atoms with Gasteiger partial charge in [0.1, 0.15) is 5.75 Å². The van der Waals surface area contributed by atoms with E-state index in [1.807, 2.05) is 32.0 Å². The Morgan fingerprint density at radius 3 is 2.20 bits per heavy atom. The molecule has 6 heteroatoms. The van der Waals surface area contributed by atoms with Gasteiger partial charge in [0, 0.05) is 6.08 Å². The van der Waals surface area contributed by atoms with Crippen LogP contribution in [-0.4, -0.2) is 17.4 Å². The van der Waals surface area contributed by atoms with Crippen molar-refractivity contribution in [3.63, 3.8) is 0 Å². The molecule has 0 bridgehead atoms. The predicted molar refractivity (Wildman–Crippen MR) is 89.3 cm³/mol. The number of alkyl halides is 3. The molecule has 0 heterocycles. The predicted octanol–water partition coefficient (Wildman–Crippen LogP) is 5.47. The fourth-order valence-electron chi connectivity index (χ4n) is 2.43. The molecule has 0 unspecified atom stereocenters. The summed E-state index contributed by atoms with van der Waals surface area (Å²) in [5.41, 5.74) is 3.21. The zero-order valence-corrected chi connectivity index (χ0v) is 13.7. The molecule has 0 atom stereocenters. The summed E-state index contributed by atoms with van der Waals surface area (Å²) < 4.78 is 40.5. The minimum atomic E-state index is -4.73. The Morgan fingerprint density at radius 2 is 1.68 bits per heavy atom. The minimum absolute atomic E-state index is 0.199. The molecule has 1 N–H and O–H groups in total. The van der Waals surface area contributed by atoms with Gasteiger partial charge in [0.25, 0.3) is 0 Å². The zero-order valence-electron chi connectivity index (χ0n) is 13.7. The van der Waals surface area contributed by atoms with E-state index in [-0.39, 0.29) is 11.7 Å². The highest BCUT2D eigenvalue weighted by molar-refractivity contribution is 5.86. The van der Waals surface area contributed by atoms with Crippen LogP contribution in [-0.2, 0) is 4.79 Å². The highest BCUT2D eigenvalue weighted by Gasteiger charge is 2.30. The van der Waals surface area contributed by atoms with Gasteiger partial charge in [0.05, 0.1) is 0 Å². The summed E-state index contributed by atoms with van der Waals surface area (Å²) in [5, 5.41) is 8.82. The molecule has 0 aliphatic rings. The molecular formula is C19H17F3O3. The van der Waals surface area contributed by atoms with Gasteiger partial charge < -0.3 is 9.84 Å². The summed E-state index contributed by atoms with van der Waals surface area (Å²) in [4.78, 5) is 10.8. The fourth-order valence-corrected chi connectivity index (χ4v) is 2.43. The molecule has 0 saturated carbocycles. The monoisotopic (exact) mass is 350 g/mol. The average Bonchev–Trinajstić information content (AvgIpc) is 2.51. The van der Waals surface area contributed by atoms with Gasteiger partial charge in [-0.1, -0.05) is 38.1 Å². The first-order valence-corrected chi connectivity index (χ1v) is 7.57. The highest BCUT2D eigenvalue weighted by atomic mass is 19.4. The lowest BCUT2D eigenvalue weighted by atomic mass is 9.93. The van der Waals surface area contributed by atoms with Crippen LogP contribution in [0, 0.1) is 0 Å². The molecule has 132 valence electrons. The number of carboxylic acids is 1. The quantitative estimate of drug-likeness (QED) is 0.727. The van der Waals surface area contributed by atoms with E-state index in [1.54, 1.807) is 0 Å². The van der Waals surface area contributed by atoms with Crippen molar-refractivity contribution in [1.29, 1.82) is 0 Å². The number of rotatable bonds is 5. The molecule has 0 fully saturated rings. The number of benzene rings is 2. The highest BCUT2D eigenvalue weighted by Crippen LogP contribution is 2.30. The van der Waals surface area contributed by atoms with Crippen LogP contribution in [0.4, 0.5) is 13.2 Å². The van der Waals surface area contributed by atoms with Crippen LogP contribution in [0.3, 0.4) is 0 Å². The van der Waals surface area contributed by atoms with E-state index < -0.39 is 12.3 Å². The molecule has 2 rings (SSSR count). The second kappa shape index (κ2) is 7.42. The third kappa shape index (κ3) is 5.38. The largest absolute Gasteiger partial charge is 0.573 e. The van der Waals surface area contributed by atoms with Crippen LogP contribution in [0.1, 0.15) is 30.9 Å². The molecule has 0 aliphatic carbocycles. The van der Waals surface area contributed by atoms with E-state index in [4.69, 9.17) is 5.11 Å². The van der Waals surface area contributed by atoms with Gasteiger partial charge in [-0.15, -0.1) is 13.2 Å². The van der Waals surface area contributed by atoms with E-state index >= 15 is 0 Å². The summed E-state index contributed by atoms with van der Waals surface area (Å²) in [5.74, 6) is -1.14. The lowest BCUT2D eigenvalue weighted by Gasteiger charge is -2.13. The molecule has 0 radical (unpaired) electrons. The Kier molecular flexibility index (Phi) is 5.51. The third-order valence-corrected chi connectivity index (χ3v) is 3.54. The second-order valence-corrected chi connectivity index (χ2v) is 5.74. The molecule has 2 aromatic carbocycles. The maximum Gasteiger partial charge on any atom is 0.573 e. The Labute approximate surface area is 143 Å². The van der Waals surface area contributed by atoms with E-state index in [2.05, 4.69) is 4.74 Å². The van der Waals surface area contributed by atoms with Crippen molar-refractivity contribution >= 4 is 12.0 Å². The number of aliphatic carboxylic acids is 1. The van der Waals surface area contributed by atoms with Gasteiger partial charge in [-0.3, -0.25) is 0 Å². The number of carbonyl (C=O) groups is 1. The number of halogens is 3. The number of carboxylic acid groups (broad SMARTS) is 1. The van der Waals surface area contributed by atoms with Crippen molar-refractivity contribution in [2.45, 2.75) is 26.1 Å². The molecule has 0 spiro atoms. The first-order valence-electron chi connectivity index (χ1n) is 7.57. The summed E-state index contributed by atoms with van der Waals surface area (Å²) >= 11 is 0. The molecule has 25 heavy (non-hydrogen) atoms. The van der Waals surface area contributed by atoms with Crippen LogP contribution in [0.2, 0.25) is 0 Å².